The summed E-state index contributed by atoms with van der Waals surface area (Å²) in [6.07, 6.45) is 0. The maximum atomic E-state index is 5.90. The van der Waals surface area contributed by atoms with Crippen molar-refractivity contribution in [3.8, 4) is 17.0 Å². The molecule has 4 rings (SSSR count). The standard InChI is InChI=1S/C22H24N6O/c1-22(2,15-5-4-6-16(12-15)29-3)13-24-20-10-9-18(25-27-20)14-7-8-19-17(11-14)21(23)28-26-19/h4-12H,13H2,1-3H3,(H,24,27)(H3,23,26,28). The molecule has 4 N–H and O–H groups in total. The van der Waals surface area contributed by atoms with Gasteiger partial charge in [-0.2, -0.15) is 5.10 Å². The summed E-state index contributed by atoms with van der Waals surface area (Å²) < 4.78 is 5.34. The van der Waals surface area contributed by atoms with Gasteiger partial charge in [-0.05, 0) is 42.0 Å². The quantitative estimate of drug-likeness (QED) is 0.461. The van der Waals surface area contributed by atoms with Gasteiger partial charge in [-0.3, -0.25) is 5.10 Å². The zero-order valence-corrected chi connectivity index (χ0v) is 16.7. The predicted octanol–water partition coefficient (Wildman–Crippen LogP) is 4.00. The molecule has 2 heterocycles. The van der Waals surface area contributed by atoms with Crippen LogP contribution in [0.5, 0.6) is 5.75 Å². The number of nitrogens with zero attached hydrogens (tertiary/aromatic N) is 3. The summed E-state index contributed by atoms with van der Waals surface area (Å²) >= 11 is 0. The van der Waals surface area contributed by atoms with Crippen molar-refractivity contribution in [3.05, 3.63) is 60.2 Å². The number of fused-ring (bicyclic) bond motifs is 1. The fraction of sp³-hybridized carbons (Fsp3) is 0.227. The van der Waals surface area contributed by atoms with Crippen molar-refractivity contribution < 1.29 is 4.74 Å². The van der Waals surface area contributed by atoms with Crippen molar-refractivity contribution in [1.82, 2.24) is 20.4 Å². The van der Waals surface area contributed by atoms with E-state index < -0.39 is 0 Å². The van der Waals surface area contributed by atoms with E-state index in [4.69, 9.17) is 10.5 Å². The Balaban J connectivity index is 1.48. The number of rotatable bonds is 6. The third-order valence-electron chi connectivity index (χ3n) is 5.12. The molecule has 7 heteroatoms. The summed E-state index contributed by atoms with van der Waals surface area (Å²) in [6, 6.07) is 17.9. The number of aromatic nitrogens is 4. The van der Waals surface area contributed by atoms with Crippen LogP contribution in [0.25, 0.3) is 22.2 Å². The Labute approximate surface area is 169 Å². The van der Waals surface area contributed by atoms with Crippen LogP contribution in [-0.2, 0) is 5.41 Å². The Bertz CT molecular complexity index is 1130. The Morgan fingerprint density at radius 2 is 1.93 bits per heavy atom. The number of nitrogen functional groups attached to an aromatic ring is 1. The topological polar surface area (TPSA) is 102 Å². The molecule has 0 unspecified atom stereocenters. The van der Waals surface area contributed by atoms with Gasteiger partial charge in [0.05, 0.1) is 18.3 Å². The maximum absolute atomic E-state index is 5.90. The van der Waals surface area contributed by atoms with Crippen LogP contribution in [0.15, 0.2) is 54.6 Å². The summed E-state index contributed by atoms with van der Waals surface area (Å²) in [4.78, 5) is 0. The van der Waals surface area contributed by atoms with Crippen LogP contribution in [0.4, 0.5) is 11.6 Å². The lowest BCUT2D eigenvalue weighted by Crippen LogP contribution is -2.28. The molecule has 148 valence electrons. The first-order chi connectivity index (χ1) is 14.0. The van der Waals surface area contributed by atoms with Crippen LogP contribution in [0.3, 0.4) is 0 Å². The summed E-state index contributed by atoms with van der Waals surface area (Å²) in [5.41, 5.74) is 9.62. The molecule has 0 saturated carbocycles. The average molecular weight is 388 g/mol. The van der Waals surface area contributed by atoms with Crippen LogP contribution < -0.4 is 15.8 Å². The Hall–Kier alpha value is -3.61. The van der Waals surface area contributed by atoms with E-state index in [-0.39, 0.29) is 5.41 Å². The minimum absolute atomic E-state index is 0.0985. The van der Waals surface area contributed by atoms with Gasteiger partial charge in [0.25, 0.3) is 0 Å². The highest BCUT2D eigenvalue weighted by Crippen LogP contribution is 2.28. The van der Waals surface area contributed by atoms with Crippen LogP contribution >= 0.6 is 0 Å². The van der Waals surface area contributed by atoms with E-state index in [2.05, 4.69) is 51.7 Å². The zero-order chi connectivity index (χ0) is 20.4. The van der Waals surface area contributed by atoms with Gasteiger partial charge < -0.3 is 15.8 Å². The van der Waals surface area contributed by atoms with Crippen molar-refractivity contribution in [2.24, 2.45) is 0 Å². The largest absolute Gasteiger partial charge is 0.497 e. The first-order valence-electron chi connectivity index (χ1n) is 9.42. The molecule has 0 aliphatic rings. The van der Waals surface area contributed by atoms with Gasteiger partial charge in [0.15, 0.2) is 5.82 Å². The molecule has 0 spiro atoms. The molecule has 0 aliphatic carbocycles. The fourth-order valence-electron chi connectivity index (χ4n) is 3.23. The van der Waals surface area contributed by atoms with Crippen LogP contribution in [-0.4, -0.2) is 34.0 Å². The van der Waals surface area contributed by atoms with Gasteiger partial charge in [0.1, 0.15) is 11.6 Å². The summed E-state index contributed by atoms with van der Waals surface area (Å²) in [5.74, 6) is 2.07. The highest BCUT2D eigenvalue weighted by atomic mass is 16.5. The molecule has 7 nitrogen and oxygen atoms in total. The monoisotopic (exact) mass is 388 g/mol. The normalized spacial score (nSPS) is 11.6. The van der Waals surface area contributed by atoms with Gasteiger partial charge in [-0.15, -0.1) is 10.2 Å². The van der Waals surface area contributed by atoms with E-state index in [1.54, 1.807) is 7.11 Å². The van der Waals surface area contributed by atoms with Crippen LogP contribution in [0.1, 0.15) is 19.4 Å². The summed E-state index contributed by atoms with van der Waals surface area (Å²) in [7, 11) is 1.68. The number of nitrogens with one attached hydrogen (secondary N) is 2. The number of benzene rings is 2. The number of aromatic amines is 1. The second kappa shape index (κ2) is 7.43. The second-order valence-electron chi connectivity index (χ2n) is 7.64. The van der Waals surface area contributed by atoms with E-state index in [1.807, 2.05) is 42.5 Å². The predicted molar refractivity (Wildman–Crippen MR) is 116 cm³/mol. The van der Waals surface area contributed by atoms with E-state index in [9.17, 15) is 0 Å². The minimum Gasteiger partial charge on any atom is -0.497 e. The minimum atomic E-state index is -0.0985. The Morgan fingerprint density at radius 1 is 1.07 bits per heavy atom. The van der Waals surface area contributed by atoms with Crippen molar-refractivity contribution in [2.75, 3.05) is 24.7 Å². The van der Waals surface area contributed by atoms with Crippen LogP contribution in [0.2, 0.25) is 0 Å². The van der Waals surface area contributed by atoms with Gasteiger partial charge in [0.2, 0.25) is 0 Å². The van der Waals surface area contributed by atoms with Crippen molar-refractivity contribution >= 4 is 22.5 Å². The molecule has 0 atom stereocenters. The highest BCUT2D eigenvalue weighted by molar-refractivity contribution is 5.91. The number of nitrogens with two attached hydrogens (primary N) is 1. The molecule has 2 aromatic heterocycles. The molecule has 2 aromatic carbocycles. The van der Waals surface area contributed by atoms with Crippen molar-refractivity contribution in [1.29, 1.82) is 0 Å². The Kier molecular flexibility index (Phi) is 4.80. The molecule has 0 bridgehead atoms. The smallest absolute Gasteiger partial charge is 0.153 e. The van der Waals surface area contributed by atoms with Gasteiger partial charge in [0, 0.05) is 22.9 Å². The summed E-state index contributed by atoms with van der Waals surface area (Å²) in [6.45, 7) is 5.08. The fourth-order valence-corrected chi connectivity index (χ4v) is 3.23. The lowest BCUT2D eigenvalue weighted by molar-refractivity contribution is 0.412. The molecular formula is C22H24N6O. The van der Waals surface area contributed by atoms with Gasteiger partial charge >= 0.3 is 0 Å². The maximum Gasteiger partial charge on any atom is 0.153 e. The van der Waals surface area contributed by atoms with E-state index >= 15 is 0 Å². The lowest BCUT2D eigenvalue weighted by atomic mass is 9.84. The van der Waals surface area contributed by atoms with E-state index in [0.717, 1.165) is 33.7 Å². The number of ether oxygens (including phenoxy) is 1. The molecule has 0 saturated heterocycles. The first-order valence-corrected chi connectivity index (χ1v) is 9.42. The number of hydrogen-bond donors (Lipinski definition) is 3. The molecule has 29 heavy (non-hydrogen) atoms. The van der Waals surface area contributed by atoms with Gasteiger partial charge in [-0.1, -0.05) is 32.0 Å². The number of hydrogen-bond acceptors (Lipinski definition) is 6. The molecule has 0 amide bonds. The number of methoxy groups -OCH3 is 1. The first kappa shape index (κ1) is 18.7. The van der Waals surface area contributed by atoms with Crippen molar-refractivity contribution in [3.63, 3.8) is 0 Å². The number of anilines is 2. The Morgan fingerprint density at radius 3 is 2.69 bits per heavy atom. The molecular weight excluding hydrogens is 364 g/mol. The van der Waals surface area contributed by atoms with Crippen molar-refractivity contribution in [2.45, 2.75) is 19.3 Å². The molecule has 0 radical (unpaired) electrons. The van der Waals surface area contributed by atoms with Gasteiger partial charge in [-0.25, -0.2) is 0 Å². The summed E-state index contributed by atoms with van der Waals surface area (Å²) in [5, 5.41) is 19.9. The third kappa shape index (κ3) is 3.85. The number of H-pyrrole nitrogens is 1. The SMILES string of the molecule is COc1cccc(C(C)(C)CNc2ccc(-c3ccc4[nH]nc(N)c4c3)nn2)c1. The third-order valence-corrected chi connectivity index (χ3v) is 5.12. The molecule has 0 fully saturated rings. The van der Waals surface area contributed by atoms with E-state index in [0.29, 0.717) is 12.4 Å². The lowest BCUT2D eigenvalue weighted by Gasteiger charge is -2.26. The van der Waals surface area contributed by atoms with E-state index in [1.165, 1.54) is 5.56 Å². The second-order valence-corrected chi connectivity index (χ2v) is 7.64. The molecule has 4 aromatic rings. The average Bonchev–Trinajstić information content (AvgIpc) is 3.13. The highest BCUT2D eigenvalue weighted by Gasteiger charge is 2.21. The zero-order valence-electron chi connectivity index (χ0n) is 16.7. The molecule has 0 aliphatic heterocycles. The van der Waals surface area contributed by atoms with Crippen LogP contribution in [0, 0.1) is 0 Å².